The van der Waals surface area contributed by atoms with E-state index in [1.165, 1.54) is 0 Å². The molecule has 0 aliphatic carbocycles. The average Bonchev–Trinajstić information content (AvgIpc) is 2.50. The Morgan fingerprint density at radius 2 is 2.00 bits per heavy atom. The predicted molar refractivity (Wildman–Crippen MR) is 81.8 cm³/mol. The van der Waals surface area contributed by atoms with Crippen molar-refractivity contribution in [2.24, 2.45) is 5.92 Å². The Balaban J connectivity index is 1.92. The molecule has 1 aromatic carbocycles. The van der Waals surface area contributed by atoms with Crippen molar-refractivity contribution in [1.29, 1.82) is 0 Å². The predicted octanol–water partition coefficient (Wildman–Crippen LogP) is 4.11. The Hall–Kier alpha value is -2.16. The molecule has 3 heteroatoms. The molecule has 0 N–H and O–H groups in total. The summed E-state index contributed by atoms with van der Waals surface area (Å²) in [4.78, 5) is 16.4. The highest BCUT2D eigenvalue weighted by molar-refractivity contribution is 5.87. The average molecular weight is 281 g/mol. The van der Waals surface area contributed by atoms with Crippen molar-refractivity contribution in [2.75, 3.05) is 0 Å². The minimum absolute atomic E-state index is 0.0530. The maximum Gasteiger partial charge on any atom is 0.222 e. The van der Waals surface area contributed by atoms with Crippen molar-refractivity contribution < 1.29 is 9.53 Å². The molecule has 2 heterocycles. The summed E-state index contributed by atoms with van der Waals surface area (Å²) in [6, 6.07) is 9.98. The number of pyridine rings is 1. The van der Waals surface area contributed by atoms with Crippen LogP contribution in [0.1, 0.15) is 43.4 Å². The smallest absolute Gasteiger partial charge is 0.222 e. The second-order valence-electron chi connectivity index (χ2n) is 5.89. The monoisotopic (exact) mass is 281 g/mol. The van der Waals surface area contributed by atoms with Gasteiger partial charge in [0.25, 0.3) is 0 Å². The van der Waals surface area contributed by atoms with Gasteiger partial charge in [0, 0.05) is 30.0 Å². The standard InChI is InChI=1S/C18H19NO2/c1-11(2)17(20)12(3)13-6-7-16-15(9-13)10-14-5-4-8-19-18(14)21-16/h4-9,11-12H,10H2,1-3H3. The first-order chi connectivity index (χ1) is 10.1. The number of nitrogens with zero attached hydrogens (tertiary/aromatic N) is 1. The van der Waals surface area contributed by atoms with Crippen LogP contribution < -0.4 is 4.74 Å². The number of carbonyl (C=O) groups excluding carboxylic acids is 1. The van der Waals surface area contributed by atoms with E-state index in [4.69, 9.17) is 4.74 Å². The third kappa shape index (κ3) is 2.56. The highest BCUT2D eigenvalue weighted by atomic mass is 16.5. The van der Waals surface area contributed by atoms with Gasteiger partial charge in [-0.2, -0.15) is 0 Å². The number of benzene rings is 1. The zero-order valence-electron chi connectivity index (χ0n) is 12.6. The van der Waals surface area contributed by atoms with E-state index < -0.39 is 0 Å². The lowest BCUT2D eigenvalue weighted by Gasteiger charge is -2.21. The maximum atomic E-state index is 12.2. The second-order valence-corrected chi connectivity index (χ2v) is 5.89. The first-order valence-electron chi connectivity index (χ1n) is 7.34. The quantitative estimate of drug-likeness (QED) is 0.725. The number of ketones is 1. The molecule has 1 aromatic heterocycles. The Labute approximate surface area is 125 Å². The van der Waals surface area contributed by atoms with Crippen LogP contribution in [0.3, 0.4) is 0 Å². The molecule has 0 spiro atoms. The number of fused-ring (bicyclic) bond motifs is 2. The lowest BCUT2D eigenvalue weighted by molar-refractivity contribution is -0.123. The molecule has 0 saturated carbocycles. The third-order valence-corrected chi connectivity index (χ3v) is 4.02. The molecule has 1 atom stereocenters. The van der Waals surface area contributed by atoms with Crippen molar-refractivity contribution in [2.45, 2.75) is 33.1 Å². The van der Waals surface area contributed by atoms with Crippen LogP contribution in [-0.4, -0.2) is 10.8 Å². The van der Waals surface area contributed by atoms with Crippen LogP contribution in [0, 0.1) is 5.92 Å². The number of aromatic nitrogens is 1. The topological polar surface area (TPSA) is 39.2 Å². The fourth-order valence-corrected chi connectivity index (χ4v) is 2.73. The van der Waals surface area contributed by atoms with Crippen molar-refractivity contribution in [3.63, 3.8) is 0 Å². The highest BCUT2D eigenvalue weighted by Gasteiger charge is 2.22. The van der Waals surface area contributed by atoms with E-state index in [2.05, 4.69) is 11.1 Å². The molecule has 3 rings (SSSR count). The molecule has 0 amide bonds. The lowest BCUT2D eigenvalue weighted by atomic mass is 9.88. The van der Waals surface area contributed by atoms with Gasteiger partial charge in [0.15, 0.2) is 0 Å². The highest BCUT2D eigenvalue weighted by Crippen LogP contribution is 2.36. The van der Waals surface area contributed by atoms with Gasteiger partial charge >= 0.3 is 0 Å². The van der Waals surface area contributed by atoms with Gasteiger partial charge < -0.3 is 4.74 Å². The van der Waals surface area contributed by atoms with Gasteiger partial charge in [-0.1, -0.05) is 39.0 Å². The Bertz CT molecular complexity index is 691. The van der Waals surface area contributed by atoms with E-state index in [-0.39, 0.29) is 17.6 Å². The van der Waals surface area contributed by atoms with Crippen molar-refractivity contribution in [3.05, 3.63) is 53.2 Å². The van der Waals surface area contributed by atoms with Crippen LogP contribution in [0.2, 0.25) is 0 Å². The summed E-state index contributed by atoms with van der Waals surface area (Å²) in [6.07, 6.45) is 2.54. The second kappa shape index (κ2) is 5.32. The molecule has 1 aliphatic heterocycles. The Kier molecular flexibility index (Phi) is 3.50. The van der Waals surface area contributed by atoms with E-state index in [1.807, 2.05) is 45.0 Å². The minimum atomic E-state index is -0.0782. The molecule has 1 aliphatic rings. The van der Waals surface area contributed by atoms with E-state index in [0.717, 1.165) is 28.9 Å². The summed E-state index contributed by atoms with van der Waals surface area (Å²) in [5.74, 6) is 1.77. The lowest BCUT2D eigenvalue weighted by Crippen LogP contribution is -2.16. The Morgan fingerprint density at radius 1 is 1.19 bits per heavy atom. The molecular formula is C18H19NO2. The van der Waals surface area contributed by atoms with Crippen LogP contribution in [0.25, 0.3) is 0 Å². The molecule has 2 aromatic rings. The summed E-state index contributed by atoms with van der Waals surface area (Å²) in [6.45, 7) is 5.87. The first-order valence-corrected chi connectivity index (χ1v) is 7.34. The molecule has 0 fully saturated rings. The molecule has 0 saturated heterocycles. The number of hydrogen-bond acceptors (Lipinski definition) is 3. The summed E-state index contributed by atoms with van der Waals surface area (Å²) in [5.41, 5.74) is 3.27. The van der Waals surface area contributed by atoms with Crippen LogP contribution in [0.15, 0.2) is 36.5 Å². The molecule has 3 nitrogen and oxygen atoms in total. The summed E-state index contributed by atoms with van der Waals surface area (Å²) in [7, 11) is 0. The van der Waals surface area contributed by atoms with Gasteiger partial charge in [-0.3, -0.25) is 4.79 Å². The van der Waals surface area contributed by atoms with Crippen LogP contribution in [-0.2, 0) is 11.2 Å². The molecular weight excluding hydrogens is 262 g/mol. The zero-order valence-corrected chi connectivity index (χ0v) is 12.6. The van der Waals surface area contributed by atoms with Gasteiger partial charge in [-0.15, -0.1) is 0 Å². The van der Waals surface area contributed by atoms with Crippen LogP contribution in [0.4, 0.5) is 0 Å². The molecule has 108 valence electrons. The zero-order chi connectivity index (χ0) is 15.0. The Morgan fingerprint density at radius 3 is 2.76 bits per heavy atom. The fourth-order valence-electron chi connectivity index (χ4n) is 2.73. The van der Waals surface area contributed by atoms with E-state index in [1.54, 1.807) is 6.20 Å². The van der Waals surface area contributed by atoms with Crippen LogP contribution >= 0.6 is 0 Å². The first kappa shape index (κ1) is 13.8. The minimum Gasteiger partial charge on any atom is -0.438 e. The number of ether oxygens (including phenoxy) is 1. The normalized spacial score (nSPS) is 14.1. The van der Waals surface area contributed by atoms with Gasteiger partial charge in [0.1, 0.15) is 11.5 Å². The van der Waals surface area contributed by atoms with Crippen LogP contribution in [0.5, 0.6) is 11.6 Å². The van der Waals surface area contributed by atoms with Gasteiger partial charge in [0.2, 0.25) is 5.88 Å². The van der Waals surface area contributed by atoms with E-state index in [0.29, 0.717) is 5.88 Å². The van der Waals surface area contributed by atoms with Gasteiger partial charge in [-0.05, 0) is 23.3 Å². The molecule has 0 bridgehead atoms. The largest absolute Gasteiger partial charge is 0.438 e. The maximum absolute atomic E-state index is 12.2. The van der Waals surface area contributed by atoms with Gasteiger partial charge in [0.05, 0.1) is 0 Å². The summed E-state index contributed by atoms with van der Waals surface area (Å²) in [5, 5.41) is 0. The molecule has 0 radical (unpaired) electrons. The summed E-state index contributed by atoms with van der Waals surface area (Å²) < 4.78 is 5.82. The van der Waals surface area contributed by atoms with Crippen molar-refractivity contribution >= 4 is 5.78 Å². The van der Waals surface area contributed by atoms with Crippen molar-refractivity contribution in [3.8, 4) is 11.6 Å². The van der Waals surface area contributed by atoms with E-state index >= 15 is 0 Å². The number of Topliss-reactive ketones (excluding diaryl/α,β-unsaturated/α-hetero) is 1. The van der Waals surface area contributed by atoms with E-state index in [9.17, 15) is 4.79 Å². The fraction of sp³-hybridized carbons (Fsp3) is 0.333. The van der Waals surface area contributed by atoms with Crippen molar-refractivity contribution in [1.82, 2.24) is 4.98 Å². The molecule has 21 heavy (non-hydrogen) atoms. The van der Waals surface area contributed by atoms with Gasteiger partial charge in [-0.25, -0.2) is 4.98 Å². The molecule has 1 unspecified atom stereocenters. The SMILES string of the molecule is CC(C)C(=O)C(C)c1ccc2c(c1)Cc1cccnc1O2. The third-order valence-electron chi connectivity index (χ3n) is 4.02. The summed E-state index contributed by atoms with van der Waals surface area (Å²) >= 11 is 0. The number of carbonyl (C=O) groups is 1. The number of hydrogen-bond donors (Lipinski definition) is 0. The number of rotatable bonds is 3.